The van der Waals surface area contributed by atoms with Gasteiger partial charge in [0.05, 0.1) is 0 Å². The van der Waals surface area contributed by atoms with Crippen molar-refractivity contribution in [2.24, 2.45) is 13.0 Å². The Morgan fingerprint density at radius 1 is 1.65 bits per heavy atom. The van der Waals surface area contributed by atoms with E-state index in [1.165, 1.54) is 12.8 Å². The molecular weight excluding hydrogens is 214 g/mol. The van der Waals surface area contributed by atoms with E-state index in [0.29, 0.717) is 5.92 Å². The Morgan fingerprint density at radius 3 is 3.06 bits per heavy atom. The van der Waals surface area contributed by atoms with Crippen molar-refractivity contribution in [2.75, 3.05) is 13.1 Å². The minimum atomic E-state index is 0.0237. The predicted octanol–water partition coefficient (Wildman–Crippen LogP) is 1.14. The van der Waals surface area contributed by atoms with Gasteiger partial charge in [-0.05, 0) is 50.9 Å². The van der Waals surface area contributed by atoms with E-state index in [2.05, 4.69) is 17.6 Å². The Morgan fingerprint density at radius 2 is 2.47 bits per heavy atom. The van der Waals surface area contributed by atoms with Crippen LogP contribution in [0, 0.1) is 5.92 Å². The van der Waals surface area contributed by atoms with Crippen LogP contribution in [0.4, 0.5) is 0 Å². The molecule has 4 nitrogen and oxygen atoms in total. The molecule has 94 valence electrons. The van der Waals surface area contributed by atoms with E-state index in [0.717, 1.165) is 18.8 Å². The maximum absolute atomic E-state index is 12.0. The predicted molar refractivity (Wildman–Crippen MR) is 67.9 cm³/mol. The fraction of sp³-hybridized carbons (Fsp3) is 0.615. The van der Waals surface area contributed by atoms with Crippen molar-refractivity contribution >= 4 is 5.91 Å². The van der Waals surface area contributed by atoms with Crippen molar-refractivity contribution < 1.29 is 4.79 Å². The lowest BCUT2D eigenvalue weighted by Crippen LogP contribution is -2.44. The molecular formula is C13H21N3O. The van der Waals surface area contributed by atoms with Crippen molar-refractivity contribution in [3.63, 3.8) is 0 Å². The number of hydrogen-bond donors (Lipinski definition) is 2. The topological polar surface area (TPSA) is 46.1 Å². The molecule has 1 aromatic rings. The maximum atomic E-state index is 12.0. The second kappa shape index (κ2) is 5.36. The van der Waals surface area contributed by atoms with Gasteiger partial charge in [-0.15, -0.1) is 0 Å². The zero-order chi connectivity index (χ0) is 12.3. The molecule has 2 heterocycles. The summed E-state index contributed by atoms with van der Waals surface area (Å²) in [5.41, 5.74) is 0.723. The quantitative estimate of drug-likeness (QED) is 0.825. The summed E-state index contributed by atoms with van der Waals surface area (Å²) in [4.78, 5) is 12.0. The van der Waals surface area contributed by atoms with E-state index in [4.69, 9.17) is 0 Å². The van der Waals surface area contributed by atoms with Crippen LogP contribution in [0.3, 0.4) is 0 Å². The summed E-state index contributed by atoms with van der Waals surface area (Å²) < 4.78 is 1.85. The second-order valence-corrected chi connectivity index (χ2v) is 4.87. The highest BCUT2D eigenvalue weighted by atomic mass is 16.2. The molecule has 2 rings (SSSR count). The molecule has 0 aliphatic carbocycles. The molecule has 2 unspecified atom stereocenters. The van der Waals surface area contributed by atoms with E-state index < -0.39 is 0 Å². The van der Waals surface area contributed by atoms with Crippen LogP contribution in [0.1, 0.15) is 30.3 Å². The Hall–Kier alpha value is -1.29. The fourth-order valence-corrected chi connectivity index (χ4v) is 2.40. The standard InChI is InChI=1S/C13H21N3O/c1-10(11-5-3-7-14-9-11)15-13(17)12-6-4-8-16(12)2/h4,6,8,10-11,14H,3,5,7,9H2,1-2H3,(H,15,17). The van der Waals surface area contributed by atoms with E-state index in [1.807, 2.05) is 29.9 Å². The molecule has 0 aromatic carbocycles. The fourth-order valence-electron chi connectivity index (χ4n) is 2.40. The average Bonchev–Trinajstić information content (AvgIpc) is 2.76. The summed E-state index contributed by atoms with van der Waals surface area (Å²) in [6, 6.07) is 3.97. The second-order valence-electron chi connectivity index (χ2n) is 4.87. The summed E-state index contributed by atoms with van der Waals surface area (Å²) in [7, 11) is 1.89. The lowest BCUT2D eigenvalue weighted by atomic mass is 9.93. The van der Waals surface area contributed by atoms with Crippen LogP contribution in [0.5, 0.6) is 0 Å². The van der Waals surface area contributed by atoms with Crippen LogP contribution in [0.15, 0.2) is 18.3 Å². The van der Waals surface area contributed by atoms with Crippen molar-refractivity contribution in [1.29, 1.82) is 0 Å². The Labute approximate surface area is 102 Å². The lowest BCUT2D eigenvalue weighted by Gasteiger charge is -2.28. The first kappa shape index (κ1) is 12.2. The van der Waals surface area contributed by atoms with Crippen molar-refractivity contribution in [1.82, 2.24) is 15.2 Å². The summed E-state index contributed by atoms with van der Waals surface area (Å²) in [5.74, 6) is 0.573. The molecule has 0 radical (unpaired) electrons. The summed E-state index contributed by atoms with van der Waals surface area (Å²) in [6.45, 7) is 4.21. The summed E-state index contributed by atoms with van der Waals surface area (Å²) >= 11 is 0. The van der Waals surface area contributed by atoms with Gasteiger partial charge in [0.1, 0.15) is 5.69 Å². The van der Waals surface area contributed by atoms with E-state index in [9.17, 15) is 4.79 Å². The highest BCUT2D eigenvalue weighted by molar-refractivity contribution is 5.92. The molecule has 1 fully saturated rings. The van der Waals surface area contributed by atoms with Gasteiger partial charge in [0.25, 0.3) is 5.91 Å². The van der Waals surface area contributed by atoms with Gasteiger partial charge in [0.2, 0.25) is 0 Å². The number of nitrogens with zero attached hydrogens (tertiary/aromatic N) is 1. The van der Waals surface area contributed by atoms with Crippen LogP contribution in [0.2, 0.25) is 0 Å². The molecule has 2 atom stereocenters. The molecule has 1 amide bonds. The number of aryl methyl sites for hydroxylation is 1. The molecule has 1 aliphatic rings. The monoisotopic (exact) mass is 235 g/mol. The minimum Gasteiger partial charge on any atom is -0.348 e. The van der Waals surface area contributed by atoms with Gasteiger partial charge in [-0.2, -0.15) is 0 Å². The van der Waals surface area contributed by atoms with Gasteiger partial charge in [0.15, 0.2) is 0 Å². The smallest absolute Gasteiger partial charge is 0.268 e. The SMILES string of the molecule is CC(NC(=O)c1cccn1C)C1CCCNC1. The van der Waals surface area contributed by atoms with Gasteiger partial charge in [-0.3, -0.25) is 4.79 Å². The Bertz CT molecular complexity index is 380. The molecule has 0 saturated carbocycles. The maximum Gasteiger partial charge on any atom is 0.268 e. The summed E-state index contributed by atoms with van der Waals surface area (Å²) in [5, 5.41) is 6.47. The Kier molecular flexibility index (Phi) is 3.84. The molecule has 4 heteroatoms. The lowest BCUT2D eigenvalue weighted by molar-refractivity contribution is 0.0913. The largest absolute Gasteiger partial charge is 0.348 e. The number of piperidine rings is 1. The van der Waals surface area contributed by atoms with Crippen LogP contribution in [-0.2, 0) is 7.05 Å². The number of aromatic nitrogens is 1. The van der Waals surface area contributed by atoms with Gasteiger partial charge < -0.3 is 15.2 Å². The van der Waals surface area contributed by atoms with Crippen molar-refractivity contribution in [3.05, 3.63) is 24.0 Å². The highest BCUT2D eigenvalue weighted by Gasteiger charge is 2.22. The van der Waals surface area contributed by atoms with Crippen LogP contribution in [0.25, 0.3) is 0 Å². The average molecular weight is 235 g/mol. The van der Waals surface area contributed by atoms with E-state index >= 15 is 0 Å². The van der Waals surface area contributed by atoms with E-state index in [-0.39, 0.29) is 11.9 Å². The van der Waals surface area contributed by atoms with Crippen molar-refractivity contribution in [3.8, 4) is 0 Å². The number of amides is 1. The van der Waals surface area contributed by atoms with Gasteiger partial charge in [-0.25, -0.2) is 0 Å². The number of nitrogens with one attached hydrogen (secondary N) is 2. The third-order valence-corrected chi connectivity index (χ3v) is 3.58. The first-order valence-corrected chi connectivity index (χ1v) is 6.31. The first-order chi connectivity index (χ1) is 8.18. The van der Waals surface area contributed by atoms with Crippen LogP contribution < -0.4 is 10.6 Å². The summed E-state index contributed by atoms with van der Waals surface area (Å²) in [6.07, 6.45) is 4.29. The van der Waals surface area contributed by atoms with Gasteiger partial charge in [0, 0.05) is 19.3 Å². The number of hydrogen-bond acceptors (Lipinski definition) is 2. The highest BCUT2D eigenvalue weighted by Crippen LogP contribution is 2.14. The van der Waals surface area contributed by atoms with Crippen molar-refractivity contribution in [2.45, 2.75) is 25.8 Å². The molecule has 0 spiro atoms. The van der Waals surface area contributed by atoms with E-state index in [1.54, 1.807) is 0 Å². The van der Waals surface area contributed by atoms with Crippen LogP contribution in [-0.4, -0.2) is 29.6 Å². The third-order valence-electron chi connectivity index (χ3n) is 3.58. The number of carbonyl (C=O) groups excluding carboxylic acids is 1. The zero-order valence-corrected chi connectivity index (χ0v) is 10.6. The van der Waals surface area contributed by atoms with Gasteiger partial charge in [-0.1, -0.05) is 0 Å². The molecule has 1 aliphatic heterocycles. The molecule has 1 aromatic heterocycles. The molecule has 0 bridgehead atoms. The number of carbonyl (C=O) groups is 1. The third kappa shape index (κ3) is 2.88. The normalized spacial score (nSPS) is 22.1. The first-order valence-electron chi connectivity index (χ1n) is 6.31. The Balaban J connectivity index is 1.92. The minimum absolute atomic E-state index is 0.0237. The van der Waals surface area contributed by atoms with Crippen LogP contribution >= 0.6 is 0 Å². The molecule has 17 heavy (non-hydrogen) atoms. The number of rotatable bonds is 3. The van der Waals surface area contributed by atoms with Gasteiger partial charge >= 0.3 is 0 Å². The molecule has 2 N–H and O–H groups in total. The molecule has 1 saturated heterocycles. The zero-order valence-electron chi connectivity index (χ0n) is 10.6.